The molecule has 1 atom stereocenters. The number of nitrogens with zero attached hydrogens (tertiary/aromatic N) is 1. The number of nitrogens with one attached hydrogen (secondary N) is 1. The Morgan fingerprint density at radius 3 is 2.68 bits per heavy atom. The van der Waals surface area contributed by atoms with E-state index >= 15 is 0 Å². The van der Waals surface area contributed by atoms with Crippen molar-refractivity contribution in [1.29, 1.82) is 0 Å². The lowest BCUT2D eigenvalue weighted by atomic mass is 10.0. The molecule has 1 heterocycles. The Bertz CT molecular complexity index is 1240. The zero-order chi connectivity index (χ0) is 24.5. The van der Waals surface area contributed by atoms with Crippen LogP contribution in [0.15, 0.2) is 59.1 Å². The molecule has 0 saturated heterocycles. The van der Waals surface area contributed by atoms with E-state index in [-0.39, 0.29) is 19.1 Å². The number of hydrogen-bond acceptors (Lipinski definition) is 5. The quantitative estimate of drug-likeness (QED) is 0.490. The predicted octanol–water partition coefficient (Wildman–Crippen LogP) is 5.43. The minimum absolute atomic E-state index is 0.00872. The van der Waals surface area contributed by atoms with E-state index in [1.54, 1.807) is 32.8 Å². The smallest absolute Gasteiger partial charge is 0.408 e. The Balaban J connectivity index is 1.74. The van der Waals surface area contributed by atoms with Gasteiger partial charge < -0.3 is 24.4 Å². The van der Waals surface area contributed by atoms with Crippen molar-refractivity contribution in [2.75, 3.05) is 18.6 Å². The first-order chi connectivity index (χ1) is 16.2. The van der Waals surface area contributed by atoms with Crippen LogP contribution in [0.2, 0.25) is 0 Å². The molecule has 0 radical (unpaired) electrons. The van der Waals surface area contributed by atoms with E-state index < -0.39 is 17.7 Å². The van der Waals surface area contributed by atoms with E-state index in [4.69, 9.17) is 14.2 Å². The molecule has 8 heteroatoms. The van der Waals surface area contributed by atoms with Gasteiger partial charge in [0.15, 0.2) is 0 Å². The van der Waals surface area contributed by atoms with Crippen LogP contribution < -0.4 is 19.7 Å². The molecule has 178 valence electrons. The topological polar surface area (TPSA) is 77.1 Å². The highest BCUT2D eigenvalue weighted by atomic mass is 79.9. The van der Waals surface area contributed by atoms with Gasteiger partial charge in [0.05, 0.1) is 19.3 Å². The average molecular weight is 527 g/mol. The van der Waals surface area contributed by atoms with Crippen LogP contribution in [0, 0.1) is 0 Å². The number of alkyl carbamates (subject to hydrolysis) is 1. The van der Waals surface area contributed by atoms with Gasteiger partial charge in [-0.1, -0.05) is 40.2 Å². The number of anilines is 1. The fourth-order valence-corrected chi connectivity index (χ4v) is 4.31. The molecule has 0 spiro atoms. The molecular formula is C26H27BrN2O5. The van der Waals surface area contributed by atoms with E-state index in [2.05, 4.69) is 21.2 Å². The van der Waals surface area contributed by atoms with Gasteiger partial charge in [0.25, 0.3) is 5.91 Å². The molecule has 0 saturated carbocycles. The molecule has 0 aromatic heterocycles. The third-order valence-corrected chi connectivity index (χ3v) is 5.90. The Kier molecular flexibility index (Phi) is 6.70. The summed E-state index contributed by atoms with van der Waals surface area (Å²) in [5.74, 6) is 0.931. The van der Waals surface area contributed by atoms with E-state index in [1.807, 2.05) is 54.6 Å². The second-order valence-corrected chi connectivity index (χ2v) is 9.93. The molecule has 3 aromatic rings. The molecule has 0 fully saturated rings. The summed E-state index contributed by atoms with van der Waals surface area (Å²) in [6.07, 6.45) is -0.673. The fraction of sp³-hybridized carbons (Fsp3) is 0.308. The van der Waals surface area contributed by atoms with Gasteiger partial charge >= 0.3 is 6.09 Å². The summed E-state index contributed by atoms with van der Waals surface area (Å²) in [7, 11) is 1.61. The number of halogens is 1. The molecule has 34 heavy (non-hydrogen) atoms. The maximum Gasteiger partial charge on any atom is 0.408 e. The van der Waals surface area contributed by atoms with Crippen molar-refractivity contribution in [3.63, 3.8) is 0 Å². The number of hydrogen-bond donors (Lipinski definition) is 1. The summed E-state index contributed by atoms with van der Waals surface area (Å²) >= 11 is 3.52. The Labute approximate surface area is 207 Å². The second-order valence-electron chi connectivity index (χ2n) is 9.01. The van der Waals surface area contributed by atoms with Crippen molar-refractivity contribution in [3.05, 3.63) is 64.6 Å². The number of methoxy groups -OCH3 is 1. The molecule has 0 aliphatic carbocycles. The highest BCUT2D eigenvalue weighted by Crippen LogP contribution is 2.36. The lowest BCUT2D eigenvalue weighted by molar-refractivity contribution is -0.121. The van der Waals surface area contributed by atoms with Crippen molar-refractivity contribution < 1.29 is 23.8 Å². The minimum Gasteiger partial charge on any atom is -0.496 e. The van der Waals surface area contributed by atoms with Crippen LogP contribution in [-0.2, 0) is 16.1 Å². The number of para-hydroxylation sites is 2. The molecule has 0 bridgehead atoms. The highest BCUT2D eigenvalue weighted by molar-refractivity contribution is 9.10. The molecule has 4 rings (SSSR count). The Morgan fingerprint density at radius 1 is 1.18 bits per heavy atom. The van der Waals surface area contributed by atoms with Gasteiger partial charge in [0, 0.05) is 10.0 Å². The first kappa shape index (κ1) is 23.9. The van der Waals surface area contributed by atoms with Gasteiger partial charge in [-0.3, -0.25) is 4.79 Å². The monoisotopic (exact) mass is 526 g/mol. The first-order valence-electron chi connectivity index (χ1n) is 10.9. The fourth-order valence-electron chi connectivity index (χ4n) is 3.93. The van der Waals surface area contributed by atoms with Crippen LogP contribution >= 0.6 is 15.9 Å². The zero-order valence-electron chi connectivity index (χ0n) is 19.6. The molecular weight excluding hydrogens is 500 g/mol. The normalized spacial score (nSPS) is 15.9. The van der Waals surface area contributed by atoms with Crippen molar-refractivity contribution in [3.8, 4) is 11.5 Å². The molecule has 2 amide bonds. The summed E-state index contributed by atoms with van der Waals surface area (Å²) in [5, 5.41) is 4.66. The summed E-state index contributed by atoms with van der Waals surface area (Å²) in [5.41, 5.74) is 0.789. The maximum atomic E-state index is 13.7. The summed E-state index contributed by atoms with van der Waals surface area (Å²) in [6, 6.07) is 16.3. The van der Waals surface area contributed by atoms with E-state index in [1.165, 1.54) is 0 Å². The lowest BCUT2D eigenvalue weighted by Gasteiger charge is -2.27. The van der Waals surface area contributed by atoms with Crippen molar-refractivity contribution in [2.24, 2.45) is 0 Å². The summed E-state index contributed by atoms with van der Waals surface area (Å²) < 4.78 is 17.9. The predicted molar refractivity (Wildman–Crippen MR) is 134 cm³/mol. The number of ether oxygens (including phenoxy) is 3. The zero-order valence-corrected chi connectivity index (χ0v) is 21.1. The molecule has 1 unspecified atom stereocenters. The van der Waals surface area contributed by atoms with Crippen LogP contribution in [0.3, 0.4) is 0 Å². The highest BCUT2D eigenvalue weighted by Gasteiger charge is 2.34. The van der Waals surface area contributed by atoms with Crippen LogP contribution in [0.25, 0.3) is 10.8 Å². The van der Waals surface area contributed by atoms with E-state index in [0.29, 0.717) is 17.2 Å². The van der Waals surface area contributed by atoms with Crippen LogP contribution in [0.5, 0.6) is 11.5 Å². The average Bonchev–Trinajstić information content (AvgIpc) is 2.90. The molecule has 7 nitrogen and oxygen atoms in total. The lowest BCUT2D eigenvalue weighted by Crippen LogP contribution is -2.51. The van der Waals surface area contributed by atoms with Gasteiger partial charge in [-0.15, -0.1) is 0 Å². The van der Waals surface area contributed by atoms with Crippen molar-refractivity contribution in [2.45, 2.75) is 39.0 Å². The van der Waals surface area contributed by atoms with E-state index in [9.17, 15) is 9.59 Å². The first-order valence-corrected chi connectivity index (χ1v) is 11.7. The Hall–Kier alpha value is -3.26. The SMILES string of the molecule is COc1ccc2cc(Br)ccc2c1CN1C(=O)C(NC(=O)OC(C)(C)C)COc2ccccc21. The van der Waals surface area contributed by atoms with Gasteiger partial charge in [-0.25, -0.2) is 4.79 Å². The van der Waals surface area contributed by atoms with Gasteiger partial charge in [-0.2, -0.15) is 0 Å². The second kappa shape index (κ2) is 9.54. The van der Waals surface area contributed by atoms with Crippen LogP contribution in [0.1, 0.15) is 26.3 Å². The van der Waals surface area contributed by atoms with Gasteiger partial charge in [-0.05, 0) is 61.9 Å². The van der Waals surface area contributed by atoms with Crippen LogP contribution in [-0.4, -0.2) is 37.4 Å². The minimum atomic E-state index is -0.919. The van der Waals surface area contributed by atoms with E-state index in [0.717, 1.165) is 20.8 Å². The number of fused-ring (bicyclic) bond motifs is 2. The van der Waals surface area contributed by atoms with Crippen molar-refractivity contribution in [1.82, 2.24) is 5.32 Å². The third kappa shape index (κ3) is 5.12. The number of benzene rings is 3. The Morgan fingerprint density at radius 2 is 1.94 bits per heavy atom. The van der Waals surface area contributed by atoms with Crippen LogP contribution in [0.4, 0.5) is 10.5 Å². The van der Waals surface area contributed by atoms with Crippen molar-refractivity contribution >= 4 is 44.4 Å². The largest absolute Gasteiger partial charge is 0.496 e. The molecule has 1 N–H and O–H groups in total. The molecule has 1 aliphatic rings. The molecule has 3 aromatic carbocycles. The number of carbonyl (C=O) groups is 2. The molecule has 1 aliphatic heterocycles. The maximum absolute atomic E-state index is 13.7. The number of amides is 2. The van der Waals surface area contributed by atoms with Gasteiger partial charge in [0.2, 0.25) is 0 Å². The standard InChI is InChI=1S/C26H27BrN2O5/c1-26(2,3)34-25(31)28-20-15-33-23-8-6-5-7-21(23)29(24(20)30)14-19-18-11-10-17(27)13-16(18)9-12-22(19)32-4/h5-13,20H,14-15H2,1-4H3,(H,28,31). The number of rotatable bonds is 4. The number of carbonyl (C=O) groups excluding carboxylic acids is 2. The summed E-state index contributed by atoms with van der Waals surface area (Å²) in [4.78, 5) is 27.8. The summed E-state index contributed by atoms with van der Waals surface area (Å²) in [6.45, 7) is 5.53. The third-order valence-electron chi connectivity index (χ3n) is 5.40. The van der Waals surface area contributed by atoms with Gasteiger partial charge in [0.1, 0.15) is 29.7 Å².